The monoisotopic (exact) mass is 333 g/mol. The van der Waals surface area contributed by atoms with Crippen LogP contribution in [0.15, 0.2) is 28.7 Å². The number of amides is 1. The van der Waals surface area contributed by atoms with Gasteiger partial charge in [0.05, 0.1) is 5.69 Å². The number of fused-ring (bicyclic) bond motifs is 1. The van der Waals surface area contributed by atoms with Crippen LogP contribution in [0.25, 0.3) is 5.69 Å². The summed E-state index contributed by atoms with van der Waals surface area (Å²) in [4.78, 5) is 12.0. The van der Waals surface area contributed by atoms with Crippen LogP contribution in [0.2, 0.25) is 0 Å². The van der Waals surface area contributed by atoms with E-state index in [1.54, 1.807) is 7.05 Å². The Morgan fingerprint density at radius 1 is 1.35 bits per heavy atom. The second kappa shape index (κ2) is 5.40. The maximum Gasteiger partial charge on any atom is 0.271 e. The number of carbonyl (C=O) groups is 1. The lowest BCUT2D eigenvalue weighted by molar-refractivity contribution is 0.0956. The van der Waals surface area contributed by atoms with Crippen LogP contribution < -0.4 is 5.32 Å². The summed E-state index contributed by atoms with van der Waals surface area (Å²) in [6.07, 6.45) is 4.19. The molecule has 104 valence electrons. The number of halogens is 1. The Morgan fingerprint density at radius 2 is 2.15 bits per heavy atom. The highest BCUT2D eigenvalue weighted by atomic mass is 79.9. The Balaban J connectivity index is 2.16. The predicted molar refractivity (Wildman–Crippen MR) is 81.3 cm³/mol. The largest absolute Gasteiger partial charge is 0.354 e. The van der Waals surface area contributed by atoms with Crippen LogP contribution in [-0.2, 0) is 12.8 Å². The van der Waals surface area contributed by atoms with Crippen LogP contribution in [-0.4, -0.2) is 22.7 Å². The van der Waals surface area contributed by atoms with E-state index in [1.165, 1.54) is 5.69 Å². The molecule has 1 aliphatic rings. The highest BCUT2D eigenvalue weighted by molar-refractivity contribution is 9.10. The molecule has 0 saturated heterocycles. The fourth-order valence-electron chi connectivity index (χ4n) is 2.72. The van der Waals surface area contributed by atoms with Gasteiger partial charge in [0.2, 0.25) is 0 Å². The second-order valence-electron chi connectivity index (χ2n) is 4.95. The topological polar surface area (TPSA) is 46.9 Å². The predicted octanol–water partition coefficient (Wildman–Crippen LogP) is 2.87. The van der Waals surface area contributed by atoms with Crippen molar-refractivity contribution in [2.45, 2.75) is 25.7 Å². The number of rotatable bonds is 2. The number of carbonyl (C=O) groups excluding carboxylic acids is 1. The SMILES string of the molecule is CNC(=O)c1nn(-c2cccc(Br)c2)c2c1CCCC2. The van der Waals surface area contributed by atoms with Crippen LogP contribution in [0.3, 0.4) is 0 Å². The molecule has 4 nitrogen and oxygen atoms in total. The lowest BCUT2D eigenvalue weighted by atomic mass is 9.95. The molecule has 0 spiro atoms. The van der Waals surface area contributed by atoms with Crippen molar-refractivity contribution in [3.8, 4) is 5.69 Å². The molecule has 2 aromatic rings. The fourth-order valence-corrected chi connectivity index (χ4v) is 3.11. The normalized spacial score (nSPS) is 13.9. The summed E-state index contributed by atoms with van der Waals surface area (Å²) in [6, 6.07) is 8.00. The highest BCUT2D eigenvalue weighted by Crippen LogP contribution is 2.27. The minimum Gasteiger partial charge on any atom is -0.354 e. The summed E-state index contributed by atoms with van der Waals surface area (Å²) in [5.41, 5.74) is 3.85. The molecule has 0 fully saturated rings. The molecule has 1 amide bonds. The number of hydrogen-bond acceptors (Lipinski definition) is 2. The molecule has 0 unspecified atom stereocenters. The Kier molecular flexibility index (Phi) is 3.61. The summed E-state index contributed by atoms with van der Waals surface area (Å²) in [5.74, 6) is -0.100. The molecular weight excluding hydrogens is 318 g/mol. The van der Waals surface area contributed by atoms with Crippen molar-refractivity contribution in [1.29, 1.82) is 0 Å². The second-order valence-corrected chi connectivity index (χ2v) is 5.87. The van der Waals surface area contributed by atoms with Crippen molar-refractivity contribution in [2.24, 2.45) is 0 Å². The summed E-state index contributed by atoms with van der Waals surface area (Å²) in [5, 5.41) is 7.24. The number of hydrogen-bond donors (Lipinski definition) is 1. The number of nitrogens with zero attached hydrogens (tertiary/aromatic N) is 2. The lowest BCUT2D eigenvalue weighted by Crippen LogP contribution is -2.20. The molecule has 0 aliphatic heterocycles. The summed E-state index contributed by atoms with van der Waals surface area (Å²) >= 11 is 3.48. The van der Waals surface area contributed by atoms with E-state index >= 15 is 0 Å². The van der Waals surface area contributed by atoms with Crippen LogP contribution in [0.1, 0.15) is 34.6 Å². The van der Waals surface area contributed by atoms with Crippen molar-refractivity contribution in [2.75, 3.05) is 7.05 Å². The number of benzene rings is 1. The van der Waals surface area contributed by atoms with E-state index in [9.17, 15) is 4.79 Å². The van der Waals surface area contributed by atoms with Crippen LogP contribution in [0.5, 0.6) is 0 Å². The van der Waals surface area contributed by atoms with Crippen molar-refractivity contribution < 1.29 is 4.79 Å². The Labute approximate surface area is 126 Å². The highest BCUT2D eigenvalue weighted by Gasteiger charge is 2.24. The molecule has 3 rings (SSSR count). The molecule has 1 aliphatic carbocycles. The van der Waals surface area contributed by atoms with E-state index in [0.717, 1.165) is 41.4 Å². The zero-order chi connectivity index (χ0) is 14.1. The molecule has 1 heterocycles. The first-order valence-electron chi connectivity index (χ1n) is 6.79. The molecule has 20 heavy (non-hydrogen) atoms. The fraction of sp³-hybridized carbons (Fsp3) is 0.333. The summed E-state index contributed by atoms with van der Waals surface area (Å²) < 4.78 is 2.93. The number of nitrogens with one attached hydrogen (secondary N) is 1. The summed E-state index contributed by atoms with van der Waals surface area (Å²) in [7, 11) is 1.65. The molecular formula is C15H16BrN3O. The zero-order valence-electron chi connectivity index (χ0n) is 11.3. The third-order valence-corrected chi connectivity index (χ3v) is 4.17. The van der Waals surface area contributed by atoms with Crippen molar-refractivity contribution >= 4 is 21.8 Å². The third kappa shape index (κ3) is 2.26. The van der Waals surface area contributed by atoms with Gasteiger partial charge < -0.3 is 5.32 Å². The van der Waals surface area contributed by atoms with Crippen LogP contribution >= 0.6 is 15.9 Å². The molecule has 1 aromatic carbocycles. The molecule has 0 radical (unpaired) electrons. The van der Waals surface area contributed by atoms with Crippen LogP contribution in [0, 0.1) is 0 Å². The maximum atomic E-state index is 12.0. The van der Waals surface area contributed by atoms with Gasteiger partial charge >= 0.3 is 0 Å². The average Bonchev–Trinajstić information content (AvgIpc) is 2.86. The van der Waals surface area contributed by atoms with E-state index in [4.69, 9.17) is 0 Å². The van der Waals surface area contributed by atoms with Gasteiger partial charge in [0.15, 0.2) is 5.69 Å². The first kappa shape index (κ1) is 13.4. The van der Waals surface area contributed by atoms with Gasteiger partial charge in [0, 0.05) is 22.8 Å². The van der Waals surface area contributed by atoms with Crippen molar-refractivity contribution in [3.05, 3.63) is 45.7 Å². The van der Waals surface area contributed by atoms with Gasteiger partial charge in [0.25, 0.3) is 5.91 Å². The molecule has 5 heteroatoms. The Bertz CT molecular complexity index is 663. The number of aromatic nitrogens is 2. The van der Waals surface area contributed by atoms with Crippen molar-refractivity contribution in [3.63, 3.8) is 0 Å². The maximum absolute atomic E-state index is 12.0. The smallest absolute Gasteiger partial charge is 0.271 e. The first-order valence-corrected chi connectivity index (χ1v) is 7.59. The quantitative estimate of drug-likeness (QED) is 0.918. The minimum atomic E-state index is -0.100. The van der Waals surface area contributed by atoms with Gasteiger partial charge in [-0.1, -0.05) is 22.0 Å². The van der Waals surface area contributed by atoms with E-state index in [1.807, 2.05) is 28.9 Å². The van der Waals surface area contributed by atoms with Gasteiger partial charge in [-0.15, -0.1) is 0 Å². The van der Waals surface area contributed by atoms with Gasteiger partial charge in [-0.2, -0.15) is 5.10 Å². The average molecular weight is 334 g/mol. The molecule has 0 atom stereocenters. The lowest BCUT2D eigenvalue weighted by Gasteiger charge is -2.14. The van der Waals surface area contributed by atoms with Gasteiger partial charge in [-0.3, -0.25) is 4.79 Å². The van der Waals surface area contributed by atoms with Gasteiger partial charge in [-0.25, -0.2) is 4.68 Å². The molecule has 0 saturated carbocycles. The Morgan fingerprint density at radius 3 is 2.90 bits per heavy atom. The molecule has 1 aromatic heterocycles. The van der Waals surface area contributed by atoms with Gasteiger partial charge in [-0.05, 0) is 43.9 Å². The Hall–Kier alpha value is -1.62. The minimum absolute atomic E-state index is 0.100. The third-order valence-electron chi connectivity index (χ3n) is 3.68. The zero-order valence-corrected chi connectivity index (χ0v) is 12.9. The summed E-state index contributed by atoms with van der Waals surface area (Å²) in [6.45, 7) is 0. The molecule has 1 N–H and O–H groups in total. The van der Waals surface area contributed by atoms with E-state index in [2.05, 4.69) is 26.3 Å². The molecule has 0 bridgehead atoms. The first-order chi connectivity index (χ1) is 9.70. The van der Waals surface area contributed by atoms with Crippen molar-refractivity contribution in [1.82, 2.24) is 15.1 Å². The van der Waals surface area contributed by atoms with E-state index in [0.29, 0.717) is 5.69 Å². The van der Waals surface area contributed by atoms with E-state index in [-0.39, 0.29) is 5.91 Å². The van der Waals surface area contributed by atoms with E-state index < -0.39 is 0 Å². The standard InChI is InChI=1S/C15H16BrN3O/c1-17-15(20)14-12-7-2-3-8-13(12)19(18-14)11-6-4-5-10(16)9-11/h4-6,9H,2-3,7-8H2,1H3,(H,17,20). The van der Waals surface area contributed by atoms with Crippen LogP contribution in [0.4, 0.5) is 0 Å². The van der Waals surface area contributed by atoms with Gasteiger partial charge in [0.1, 0.15) is 0 Å².